The Hall–Kier alpha value is -0.610. The van der Waals surface area contributed by atoms with Gasteiger partial charge in [0.2, 0.25) is 0 Å². The van der Waals surface area contributed by atoms with Gasteiger partial charge in [0, 0.05) is 6.54 Å². The van der Waals surface area contributed by atoms with Gasteiger partial charge < -0.3 is 10.1 Å². The largest absolute Gasteiger partial charge is 0.488 e. The van der Waals surface area contributed by atoms with E-state index in [1.807, 2.05) is 0 Å². The molecule has 0 saturated heterocycles. The highest BCUT2D eigenvalue weighted by Crippen LogP contribution is 2.27. The zero-order valence-electron chi connectivity index (χ0n) is 12.0. The quantitative estimate of drug-likeness (QED) is 0.806. The Morgan fingerprint density at radius 3 is 2.42 bits per heavy atom. The van der Waals surface area contributed by atoms with E-state index < -0.39 is 0 Å². The fraction of sp³-hybridized carbons (Fsp3) is 0.600. The molecule has 4 heteroatoms. The molecule has 0 aliphatic carbocycles. The fourth-order valence-electron chi connectivity index (χ4n) is 1.66. The minimum Gasteiger partial charge on any atom is -0.488 e. The molecule has 1 aromatic carbocycles. The molecule has 1 atom stereocenters. The minimum atomic E-state index is -0.266. The third-order valence-corrected chi connectivity index (χ3v) is 3.43. The molecular formula is C15H23BrFNO. The van der Waals surface area contributed by atoms with Crippen LogP contribution >= 0.6 is 15.9 Å². The van der Waals surface area contributed by atoms with Crippen LogP contribution < -0.4 is 10.1 Å². The van der Waals surface area contributed by atoms with Gasteiger partial charge in [0.1, 0.15) is 17.7 Å². The number of ether oxygens (including phenoxy) is 1. The van der Waals surface area contributed by atoms with Crippen LogP contribution in [0.1, 0.15) is 27.7 Å². The van der Waals surface area contributed by atoms with Crippen LogP contribution in [0.25, 0.3) is 0 Å². The molecular weight excluding hydrogens is 309 g/mol. The summed E-state index contributed by atoms with van der Waals surface area (Å²) in [5.41, 5.74) is 0. The van der Waals surface area contributed by atoms with Crippen LogP contribution in [-0.2, 0) is 0 Å². The molecule has 0 aliphatic heterocycles. The molecule has 0 radical (unpaired) electrons. The van der Waals surface area contributed by atoms with Crippen LogP contribution in [-0.4, -0.2) is 19.2 Å². The predicted molar refractivity (Wildman–Crippen MR) is 81.1 cm³/mol. The first-order valence-electron chi connectivity index (χ1n) is 6.72. The van der Waals surface area contributed by atoms with Crippen molar-refractivity contribution in [3.05, 3.63) is 28.5 Å². The van der Waals surface area contributed by atoms with Crippen LogP contribution in [0.4, 0.5) is 4.39 Å². The summed E-state index contributed by atoms with van der Waals surface area (Å²) in [6, 6.07) is 4.50. The molecule has 0 fully saturated rings. The van der Waals surface area contributed by atoms with Crippen LogP contribution in [0, 0.1) is 17.7 Å². The van der Waals surface area contributed by atoms with Gasteiger partial charge in [-0.2, -0.15) is 0 Å². The van der Waals surface area contributed by atoms with Crippen LogP contribution in [0.3, 0.4) is 0 Å². The highest BCUT2D eigenvalue weighted by Gasteiger charge is 2.16. The molecule has 108 valence electrons. The molecule has 0 heterocycles. The first-order chi connectivity index (χ1) is 8.90. The lowest BCUT2D eigenvalue weighted by molar-refractivity contribution is 0.147. The van der Waals surface area contributed by atoms with Gasteiger partial charge in [-0.3, -0.25) is 0 Å². The first kappa shape index (κ1) is 16.4. The molecule has 2 nitrogen and oxygen atoms in total. The molecule has 1 rings (SSSR count). The summed E-state index contributed by atoms with van der Waals surface area (Å²) in [6.07, 6.45) is 0.0699. The highest BCUT2D eigenvalue weighted by molar-refractivity contribution is 9.10. The SMILES string of the molecule is CC(C)CNCC(Oc1ccc(F)cc1Br)C(C)C. The maximum absolute atomic E-state index is 13.0. The van der Waals surface area contributed by atoms with Gasteiger partial charge in [0.05, 0.1) is 4.47 Å². The summed E-state index contributed by atoms with van der Waals surface area (Å²) in [7, 11) is 0. The van der Waals surface area contributed by atoms with Gasteiger partial charge in [-0.1, -0.05) is 27.7 Å². The maximum atomic E-state index is 13.0. The van der Waals surface area contributed by atoms with Gasteiger partial charge >= 0.3 is 0 Å². The third-order valence-electron chi connectivity index (χ3n) is 2.81. The Balaban J connectivity index is 2.62. The molecule has 1 N–H and O–H groups in total. The number of hydrogen-bond acceptors (Lipinski definition) is 2. The van der Waals surface area contributed by atoms with Crippen molar-refractivity contribution >= 4 is 15.9 Å². The zero-order chi connectivity index (χ0) is 14.4. The molecule has 0 spiro atoms. The van der Waals surface area contributed by atoms with Gasteiger partial charge in [0.15, 0.2) is 0 Å². The van der Waals surface area contributed by atoms with E-state index in [1.54, 1.807) is 6.07 Å². The average molecular weight is 332 g/mol. The molecule has 1 aromatic rings. The molecule has 0 saturated carbocycles. The molecule has 0 aliphatic rings. The van der Waals surface area contributed by atoms with Gasteiger partial charge in [0.25, 0.3) is 0 Å². The maximum Gasteiger partial charge on any atom is 0.134 e. The molecule has 0 aromatic heterocycles. The lowest BCUT2D eigenvalue weighted by Gasteiger charge is -2.24. The van der Waals surface area contributed by atoms with E-state index in [-0.39, 0.29) is 11.9 Å². The monoisotopic (exact) mass is 331 g/mol. The number of rotatable bonds is 7. The van der Waals surface area contributed by atoms with Crippen molar-refractivity contribution in [2.75, 3.05) is 13.1 Å². The van der Waals surface area contributed by atoms with Crippen molar-refractivity contribution in [1.29, 1.82) is 0 Å². The molecule has 0 bridgehead atoms. The second-order valence-electron chi connectivity index (χ2n) is 5.53. The minimum absolute atomic E-state index is 0.0699. The summed E-state index contributed by atoms with van der Waals surface area (Å²) in [5.74, 6) is 1.42. The third kappa shape index (κ3) is 5.91. The summed E-state index contributed by atoms with van der Waals surface area (Å²) in [6.45, 7) is 10.4. The molecule has 19 heavy (non-hydrogen) atoms. The van der Waals surface area contributed by atoms with E-state index in [1.165, 1.54) is 12.1 Å². The van der Waals surface area contributed by atoms with Crippen molar-refractivity contribution in [3.8, 4) is 5.75 Å². The Morgan fingerprint density at radius 1 is 1.21 bits per heavy atom. The Labute approximate surface area is 123 Å². The Kier molecular flexibility index (Phi) is 6.80. The van der Waals surface area contributed by atoms with Gasteiger partial charge in [-0.05, 0) is 52.5 Å². The average Bonchev–Trinajstić information content (AvgIpc) is 2.30. The lowest BCUT2D eigenvalue weighted by Crippen LogP contribution is -2.37. The van der Waals surface area contributed by atoms with Crippen LogP contribution in [0.15, 0.2) is 22.7 Å². The van der Waals surface area contributed by atoms with E-state index in [9.17, 15) is 4.39 Å². The Bertz CT molecular complexity index is 396. The van der Waals surface area contributed by atoms with Crippen molar-refractivity contribution in [1.82, 2.24) is 5.32 Å². The predicted octanol–water partition coefficient (Wildman–Crippen LogP) is 4.24. The second kappa shape index (κ2) is 7.85. The smallest absolute Gasteiger partial charge is 0.134 e. The molecule has 0 amide bonds. The van der Waals surface area contributed by atoms with E-state index in [2.05, 4.69) is 48.9 Å². The lowest BCUT2D eigenvalue weighted by atomic mass is 10.1. The second-order valence-corrected chi connectivity index (χ2v) is 6.38. The Morgan fingerprint density at radius 2 is 1.89 bits per heavy atom. The van der Waals surface area contributed by atoms with Gasteiger partial charge in [-0.15, -0.1) is 0 Å². The fourth-order valence-corrected chi connectivity index (χ4v) is 2.11. The standard InChI is InChI=1S/C15H23BrFNO/c1-10(2)8-18-9-15(11(3)4)19-14-6-5-12(17)7-13(14)16/h5-7,10-11,15,18H,8-9H2,1-4H3. The molecule has 1 unspecified atom stereocenters. The van der Waals surface area contributed by atoms with E-state index >= 15 is 0 Å². The van der Waals surface area contributed by atoms with E-state index in [0.717, 1.165) is 13.1 Å². The summed E-state index contributed by atoms with van der Waals surface area (Å²) >= 11 is 3.33. The van der Waals surface area contributed by atoms with E-state index in [0.29, 0.717) is 22.1 Å². The number of halogens is 2. The van der Waals surface area contributed by atoms with Crippen LogP contribution in [0.5, 0.6) is 5.75 Å². The normalized spacial score (nSPS) is 13.1. The topological polar surface area (TPSA) is 21.3 Å². The van der Waals surface area contributed by atoms with E-state index in [4.69, 9.17) is 4.74 Å². The summed E-state index contributed by atoms with van der Waals surface area (Å²) < 4.78 is 19.7. The zero-order valence-corrected chi connectivity index (χ0v) is 13.6. The van der Waals surface area contributed by atoms with Crippen molar-refractivity contribution in [3.63, 3.8) is 0 Å². The van der Waals surface area contributed by atoms with Crippen molar-refractivity contribution in [2.45, 2.75) is 33.8 Å². The van der Waals surface area contributed by atoms with Crippen LogP contribution in [0.2, 0.25) is 0 Å². The summed E-state index contributed by atoms with van der Waals surface area (Å²) in [4.78, 5) is 0. The van der Waals surface area contributed by atoms with Gasteiger partial charge in [-0.25, -0.2) is 4.39 Å². The number of benzene rings is 1. The summed E-state index contributed by atoms with van der Waals surface area (Å²) in [5, 5.41) is 3.40. The number of hydrogen-bond donors (Lipinski definition) is 1. The van der Waals surface area contributed by atoms with Crippen molar-refractivity contribution < 1.29 is 9.13 Å². The highest BCUT2D eigenvalue weighted by atomic mass is 79.9. The first-order valence-corrected chi connectivity index (χ1v) is 7.52. The van der Waals surface area contributed by atoms with Crippen molar-refractivity contribution in [2.24, 2.45) is 11.8 Å². The number of nitrogens with one attached hydrogen (secondary N) is 1.